The number of halogens is 3. The first-order chi connectivity index (χ1) is 15.3. The lowest BCUT2D eigenvalue weighted by atomic mass is 10.1. The number of piperazine rings is 1. The van der Waals surface area contributed by atoms with E-state index in [2.05, 4.69) is 4.90 Å². The molecule has 0 bridgehead atoms. The van der Waals surface area contributed by atoms with E-state index in [1.807, 2.05) is 29.2 Å². The molecule has 2 heterocycles. The number of nitrogens with zero attached hydrogens (tertiary/aromatic N) is 3. The van der Waals surface area contributed by atoms with Crippen LogP contribution in [0.25, 0.3) is 0 Å². The monoisotopic (exact) mass is 447 g/mol. The quantitative estimate of drug-likeness (QED) is 0.727. The second-order valence-electron chi connectivity index (χ2n) is 8.16. The van der Waals surface area contributed by atoms with E-state index >= 15 is 0 Å². The number of hydrogen-bond donors (Lipinski definition) is 1. The van der Waals surface area contributed by atoms with Gasteiger partial charge in [0.2, 0.25) is 0 Å². The van der Waals surface area contributed by atoms with Crippen molar-refractivity contribution in [1.82, 2.24) is 4.90 Å². The molecule has 0 radical (unpaired) electrons. The highest BCUT2D eigenvalue weighted by atomic mass is 19.3. The van der Waals surface area contributed by atoms with E-state index in [1.165, 1.54) is 6.07 Å². The number of phenols is 1. The second-order valence-corrected chi connectivity index (χ2v) is 8.16. The maximum Gasteiger partial charge on any atom is 0.254 e. The molecule has 0 saturated carbocycles. The Morgan fingerprint density at radius 3 is 2.12 bits per heavy atom. The number of benzene rings is 2. The number of amides is 1. The van der Waals surface area contributed by atoms with Gasteiger partial charge in [0.05, 0.1) is 5.56 Å². The average Bonchev–Trinajstić information content (AvgIpc) is 2.80. The van der Waals surface area contributed by atoms with E-state index in [-0.39, 0.29) is 24.0 Å². The van der Waals surface area contributed by atoms with Gasteiger partial charge in [-0.25, -0.2) is 13.2 Å². The highest BCUT2D eigenvalue weighted by Gasteiger charge is 2.34. The van der Waals surface area contributed by atoms with Crippen LogP contribution in [0.3, 0.4) is 0 Å². The number of carbonyl (C=O) groups is 2. The van der Waals surface area contributed by atoms with Gasteiger partial charge in [0.15, 0.2) is 17.9 Å². The van der Waals surface area contributed by atoms with Gasteiger partial charge in [0.25, 0.3) is 11.8 Å². The van der Waals surface area contributed by atoms with Crippen molar-refractivity contribution in [1.29, 1.82) is 0 Å². The van der Waals surface area contributed by atoms with Crippen molar-refractivity contribution in [3.8, 4) is 5.75 Å². The number of rotatable bonds is 4. The molecule has 2 aliphatic rings. The Kier molecular flexibility index (Phi) is 5.99. The topological polar surface area (TPSA) is 64.1 Å². The van der Waals surface area contributed by atoms with E-state index in [0.29, 0.717) is 45.6 Å². The largest absolute Gasteiger partial charge is 0.504 e. The van der Waals surface area contributed by atoms with E-state index in [4.69, 9.17) is 0 Å². The minimum Gasteiger partial charge on any atom is -0.504 e. The van der Waals surface area contributed by atoms with Crippen LogP contribution in [0.4, 0.5) is 24.5 Å². The minimum atomic E-state index is -2.59. The van der Waals surface area contributed by atoms with Gasteiger partial charge in [-0.1, -0.05) is 6.07 Å². The number of anilines is 2. The van der Waals surface area contributed by atoms with Crippen LogP contribution in [0, 0.1) is 5.82 Å². The van der Waals surface area contributed by atoms with Crippen molar-refractivity contribution in [2.45, 2.75) is 18.8 Å². The molecular weight excluding hydrogens is 423 g/mol. The number of hydrogen-bond acceptors (Lipinski definition) is 5. The molecule has 2 fully saturated rings. The minimum absolute atomic E-state index is 0.0137. The van der Waals surface area contributed by atoms with Crippen LogP contribution in [-0.4, -0.2) is 67.4 Å². The molecule has 0 spiro atoms. The highest BCUT2D eigenvalue weighted by molar-refractivity contribution is 5.96. The summed E-state index contributed by atoms with van der Waals surface area (Å²) in [5.41, 5.74) is 1.60. The van der Waals surface area contributed by atoms with E-state index in [1.54, 1.807) is 4.90 Å². The smallest absolute Gasteiger partial charge is 0.254 e. The summed E-state index contributed by atoms with van der Waals surface area (Å²) in [7, 11) is 0. The second kappa shape index (κ2) is 8.72. The summed E-state index contributed by atoms with van der Waals surface area (Å²) in [6.45, 7) is 2.52. The first-order valence-corrected chi connectivity index (χ1v) is 10.5. The van der Waals surface area contributed by atoms with Crippen LogP contribution in [-0.2, 0) is 0 Å². The highest BCUT2D eigenvalue weighted by Crippen LogP contribution is 2.32. The Bertz CT molecular complexity index is 1010. The predicted molar refractivity (Wildman–Crippen MR) is 114 cm³/mol. The molecule has 1 N–H and O–H groups in total. The van der Waals surface area contributed by atoms with Gasteiger partial charge >= 0.3 is 0 Å². The molecule has 6 nitrogen and oxygen atoms in total. The van der Waals surface area contributed by atoms with E-state index < -0.39 is 23.4 Å². The molecule has 0 atom stereocenters. The zero-order chi connectivity index (χ0) is 22.9. The fourth-order valence-electron chi connectivity index (χ4n) is 4.16. The van der Waals surface area contributed by atoms with E-state index in [9.17, 15) is 27.9 Å². The number of aromatic hydroxyl groups is 1. The lowest BCUT2D eigenvalue weighted by Gasteiger charge is -2.37. The molecule has 2 aromatic rings. The van der Waals surface area contributed by atoms with E-state index in [0.717, 1.165) is 17.4 Å². The van der Waals surface area contributed by atoms with Crippen LogP contribution < -0.4 is 9.80 Å². The Morgan fingerprint density at radius 2 is 1.53 bits per heavy atom. The van der Waals surface area contributed by atoms with Crippen LogP contribution in [0.1, 0.15) is 33.6 Å². The normalized spacial score (nSPS) is 18.5. The maximum atomic E-state index is 13.8. The van der Waals surface area contributed by atoms with Crippen molar-refractivity contribution in [3.05, 3.63) is 53.3 Å². The summed E-state index contributed by atoms with van der Waals surface area (Å²) in [5, 5.41) is 9.54. The van der Waals surface area contributed by atoms with Crippen LogP contribution in [0.5, 0.6) is 5.75 Å². The maximum absolute atomic E-state index is 13.8. The summed E-state index contributed by atoms with van der Waals surface area (Å²) in [5.74, 6) is -4.78. The molecule has 2 aromatic carbocycles. The van der Waals surface area contributed by atoms with Gasteiger partial charge in [-0.05, 0) is 30.3 Å². The summed E-state index contributed by atoms with van der Waals surface area (Å²) >= 11 is 0. The van der Waals surface area contributed by atoms with Crippen molar-refractivity contribution in [2.24, 2.45) is 0 Å². The van der Waals surface area contributed by atoms with Gasteiger partial charge in [-0.2, -0.15) is 0 Å². The fourth-order valence-corrected chi connectivity index (χ4v) is 4.16. The van der Waals surface area contributed by atoms with Crippen LogP contribution in [0.2, 0.25) is 0 Å². The third-order valence-electron chi connectivity index (χ3n) is 6.09. The molecule has 2 aliphatic heterocycles. The number of phenolic OH excluding ortho intramolecular Hbond substituents is 1. The van der Waals surface area contributed by atoms with Gasteiger partial charge < -0.3 is 19.8 Å². The fraction of sp³-hybridized carbons (Fsp3) is 0.391. The number of carbonyl (C=O) groups excluding carboxylic acids is 2. The van der Waals surface area contributed by atoms with Crippen molar-refractivity contribution in [2.75, 3.05) is 49.1 Å². The lowest BCUT2D eigenvalue weighted by molar-refractivity contribution is -0.0220. The standard InChI is InChI=1S/C23H24F3N3O3/c24-20-13-16(12-17(15-30)21(20)31)22(32)29-10-8-28(9-11-29)19-3-1-2-18(14-19)27-6-4-23(25,26)5-7-27/h1-3,12-15,31H,4-11H2. The molecule has 0 unspecified atom stereocenters. The summed E-state index contributed by atoms with van der Waals surface area (Å²) in [6.07, 6.45) is 0.00691. The molecule has 2 saturated heterocycles. The molecule has 170 valence electrons. The zero-order valence-electron chi connectivity index (χ0n) is 17.4. The number of aldehydes is 1. The van der Waals surface area contributed by atoms with Crippen LogP contribution in [0.15, 0.2) is 36.4 Å². The SMILES string of the molecule is O=Cc1cc(C(=O)N2CCN(c3cccc(N4CCC(F)(F)CC4)c3)CC2)cc(F)c1O. The molecular formula is C23H24F3N3O3. The Labute approximate surface area is 183 Å². The van der Waals surface area contributed by atoms with Crippen molar-refractivity contribution >= 4 is 23.6 Å². The molecule has 9 heteroatoms. The van der Waals surface area contributed by atoms with Gasteiger partial charge in [0.1, 0.15) is 0 Å². The summed E-state index contributed by atoms with van der Waals surface area (Å²) < 4.78 is 40.7. The van der Waals surface area contributed by atoms with Gasteiger partial charge in [-0.15, -0.1) is 0 Å². The van der Waals surface area contributed by atoms with Gasteiger partial charge in [-0.3, -0.25) is 9.59 Å². The molecule has 32 heavy (non-hydrogen) atoms. The third kappa shape index (κ3) is 4.51. The average molecular weight is 447 g/mol. The zero-order valence-corrected chi connectivity index (χ0v) is 17.4. The molecule has 0 aromatic heterocycles. The number of alkyl halides is 2. The first kappa shape index (κ1) is 22.0. The summed E-state index contributed by atoms with van der Waals surface area (Å²) in [6, 6.07) is 9.86. The molecule has 0 aliphatic carbocycles. The lowest BCUT2D eigenvalue weighted by Crippen LogP contribution is -2.48. The Hall–Kier alpha value is -3.23. The third-order valence-corrected chi connectivity index (χ3v) is 6.09. The van der Waals surface area contributed by atoms with Crippen molar-refractivity contribution in [3.63, 3.8) is 0 Å². The van der Waals surface area contributed by atoms with Gasteiger partial charge in [0, 0.05) is 69.0 Å². The van der Waals surface area contributed by atoms with Crippen molar-refractivity contribution < 1.29 is 27.9 Å². The number of piperidine rings is 1. The molecule has 4 rings (SSSR count). The Morgan fingerprint density at radius 1 is 0.938 bits per heavy atom. The first-order valence-electron chi connectivity index (χ1n) is 10.5. The predicted octanol–water partition coefficient (Wildman–Crippen LogP) is 3.54. The Balaban J connectivity index is 1.40. The summed E-state index contributed by atoms with van der Waals surface area (Å²) in [4.78, 5) is 29.4. The molecule has 1 amide bonds. The van der Waals surface area contributed by atoms with Crippen LogP contribution >= 0.6 is 0 Å².